The van der Waals surface area contributed by atoms with E-state index < -0.39 is 8.07 Å². The Labute approximate surface area is 67.0 Å². The van der Waals surface area contributed by atoms with Crippen LogP contribution < -0.4 is 0 Å². The number of hydrogen-bond acceptors (Lipinski definition) is 0. The Morgan fingerprint density at radius 3 is 2.20 bits per heavy atom. The fraction of sp³-hybridized carbons (Fsp3) is 0.750. The highest BCUT2D eigenvalue weighted by Gasteiger charge is 2.34. The van der Waals surface area contributed by atoms with E-state index in [0.717, 1.165) is 5.16 Å². The van der Waals surface area contributed by atoms with E-state index in [1.165, 1.54) is 6.42 Å². The lowest BCUT2D eigenvalue weighted by Gasteiger charge is -2.26. The summed E-state index contributed by atoms with van der Waals surface area (Å²) in [6, 6.07) is 0. The fourth-order valence-corrected chi connectivity index (χ4v) is 10.5. The van der Waals surface area contributed by atoms with Gasteiger partial charge in [0.1, 0.15) is 0 Å². The van der Waals surface area contributed by atoms with E-state index in [1.54, 1.807) is 0 Å². The summed E-state index contributed by atoms with van der Waals surface area (Å²) < 4.78 is 0. The minimum atomic E-state index is -0.868. The standard InChI is InChI=1S/C8H17Si2/c1-9(2)8-6-5-7-10(8,3)4/h5,7-8H,6H2,1-4H3. The van der Waals surface area contributed by atoms with Gasteiger partial charge in [0.25, 0.3) is 0 Å². The van der Waals surface area contributed by atoms with E-state index in [1.807, 2.05) is 0 Å². The highest BCUT2D eigenvalue weighted by molar-refractivity contribution is 6.93. The molecule has 0 aromatic heterocycles. The maximum absolute atomic E-state index is 2.52. The van der Waals surface area contributed by atoms with Crippen molar-refractivity contribution in [2.75, 3.05) is 0 Å². The van der Waals surface area contributed by atoms with E-state index in [2.05, 4.69) is 38.0 Å². The van der Waals surface area contributed by atoms with E-state index in [0.29, 0.717) is 0 Å². The lowest BCUT2D eigenvalue weighted by molar-refractivity contribution is 1.10. The van der Waals surface area contributed by atoms with Crippen molar-refractivity contribution in [3.8, 4) is 0 Å². The second-order valence-electron chi connectivity index (χ2n) is 4.09. The summed E-state index contributed by atoms with van der Waals surface area (Å²) in [5.41, 5.74) is 2.52. The smallest absolute Gasteiger partial charge is 0.0719 e. The molecule has 0 amide bonds. The van der Waals surface area contributed by atoms with Gasteiger partial charge < -0.3 is 0 Å². The molecule has 1 rings (SSSR count). The molecule has 1 heterocycles. The van der Waals surface area contributed by atoms with E-state index >= 15 is 0 Å². The molecule has 0 nitrogen and oxygen atoms in total. The van der Waals surface area contributed by atoms with Crippen LogP contribution in [0.15, 0.2) is 11.8 Å². The van der Waals surface area contributed by atoms with Crippen molar-refractivity contribution in [2.45, 2.75) is 37.8 Å². The van der Waals surface area contributed by atoms with Crippen LogP contribution in [0.2, 0.25) is 31.4 Å². The summed E-state index contributed by atoms with van der Waals surface area (Å²) in [5, 5.41) is 1.11. The van der Waals surface area contributed by atoms with Crippen molar-refractivity contribution in [1.82, 2.24) is 0 Å². The molecule has 0 bridgehead atoms. The molecule has 10 heavy (non-hydrogen) atoms. The lowest BCUT2D eigenvalue weighted by Crippen LogP contribution is -2.34. The van der Waals surface area contributed by atoms with Crippen LogP contribution in [-0.2, 0) is 0 Å². The molecule has 1 aliphatic rings. The van der Waals surface area contributed by atoms with Gasteiger partial charge in [0.05, 0.1) is 8.07 Å². The summed E-state index contributed by atoms with van der Waals surface area (Å²) in [6.45, 7) is 9.91. The molecule has 0 aromatic carbocycles. The highest BCUT2D eigenvalue weighted by atomic mass is 28.4. The number of hydrogen-bond donors (Lipinski definition) is 0. The van der Waals surface area contributed by atoms with Crippen molar-refractivity contribution in [3.05, 3.63) is 11.8 Å². The molecule has 0 fully saturated rings. The van der Waals surface area contributed by atoms with Crippen LogP contribution in [0.4, 0.5) is 0 Å². The number of allylic oxidation sites excluding steroid dienone is 1. The molecule has 1 aliphatic heterocycles. The average Bonchev–Trinajstić information content (AvgIpc) is 2.08. The quantitative estimate of drug-likeness (QED) is 0.530. The van der Waals surface area contributed by atoms with Crippen LogP contribution in [-0.4, -0.2) is 16.9 Å². The molecular weight excluding hydrogens is 152 g/mol. The van der Waals surface area contributed by atoms with Gasteiger partial charge in [0, 0.05) is 8.80 Å². The third-order valence-electron chi connectivity index (χ3n) is 2.51. The van der Waals surface area contributed by atoms with Crippen LogP contribution in [0, 0.1) is 0 Å². The van der Waals surface area contributed by atoms with E-state index in [9.17, 15) is 0 Å². The first kappa shape index (κ1) is 8.27. The molecule has 0 spiro atoms. The fourth-order valence-electron chi connectivity index (χ4n) is 1.91. The molecule has 0 saturated heterocycles. The third kappa shape index (κ3) is 1.43. The van der Waals surface area contributed by atoms with Crippen LogP contribution in [0.3, 0.4) is 0 Å². The molecule has 0 N–H and O–H groups in total. The summed E-state index contributed by atoms with van der Waals surface area (Å²) in [5.74, 6) is 0. The van der Waals surface area contributed by atoms with E-state index in [-0.39, 0.29) is 8.80 Å². The maximum Gasteiger partial charge on any atom is 0.0719 e. The van der Waals surface area contributed by atoms with Gasteiger partial charge in [0.2, 0.25) is 0 Å². The highest BCUT2D eigenvalue weighted by Crippen LogP contribution is 2.34. The molecule has 2 heteroatoms. The van der Waals surface area contributed by atoms with Gasteiger partial charge in [-0.15, -0.1) is 0 Å². The van der Waals surface area contributed by atoms with Gasteiger partial charge >= 0.3 is 0 Å². The minimum Gasteiger partial charge on any atom is -0.0987 e. The second kappa shape index (κ2) is 2.66. The predicted molar refractivity (Wildman–Crippen MR) is 52.5 cm³/mol. The van der Waals surface area contributed by atoms with Crippen LogP contribution in [0.25, 0.3) is 0 Å². The summed E-state index contributed by atoms with van der Waals surface area (Å²) in [4.78, 5) is 0. The van der Waals surface area contributed by atoms with Crippen molar-refractivity contribution in [2.24, 2.45) is 0 Å². The summed E-state index contributed by atoms with van der Waals surface area (Å²) in [7, 11) is -0.887. The van der Waals surface area contributed by atoms with Crippen molar-refractivity contribution >= 4 is 16.9 Å². The Balaban J connectivity index is 2.66. The lowest BCUT2D eigenvalue weighted by atomic mass is 10.5. The molecular formula is C8H17Si2. The summed E-state index contributed by atoms with van der Waals surface area (Å²) in [6.07, 6.45) is 3.80. The van der Waals surface area contributed by atoms with Crippen molar-refractivity contribution < 1.29 is 0 Å². The molecule has 0 aliphatic carbocycles. The molecule has 1 unspecified atom stereocenters. The topological polar surface area (TPSA) is 0 Å². The third-order valence-corrected chi connectivity index (χ3v) is 11.2. The molecule has 57 valence electrons. The Bertz CT molecular complexity index is 147. The van der Waals surface area contributed by atoms with Crippen LogP contribution in [0.5, 0.6) is 0 Å². The molecule has 1 radical (unpaired) electrons. The monoisotopic (exact) mass is 169 g/mol. The van der Waals surface area contributed by atoms with Gasteiger partial charge in [-0.1, -0.05) is 38.0 Å². The van der Waals surface area contributed by atoms with E-state index in [4.69, 9.17) is 0 Å². The van der Waals surface area contributed by atoms with Crippen LogP contribution >= 0.6 is 0 Å². The first-order chi connectivity index (χ1) is 4.54. The van der Waals surface area contributed by atoms with Crippen LogP contribution in [0.1, 0.15) is 6.42 Å². The normalized spacial score (nSPS) is 29.9. The first-order valence-corrected chi connectivity index (χ1v) is 9.75. The number of rotatable bonds is 1. The van der Waals surface area contributed by atoms with Gasteiger partial charge in [-0.05, 0) is 11.6 Å². The van der Waals surface area contributed by atoms with Crippen molar-refractivity contribution in [1.29, 1.82) is 0 Å². The average molecular weight is 169 g/mol. The second-order valence-corrected chi connectivity index (χ2v) is 12.2. The maximum atomic E-state index is 2.52. The first-order valence-electron chi connectivity index (χ1n) is 4.02. The zero-order chi connectivity index (χ0) is 7.78. The Kier molecular flexibility index (Phi) is 2.20. The Hall–Kier alpha value is 0.174. The van der Waals surface area contributed by atoms with Gasteiger partial charge in [-0.2, -0.15) is 0 Å². The molecule has 0 saturated carbocycles. The zero-order valence-electron chi connectivity index (χ0n) is 7.44. The Morgan fingerprint density at radius 2 is 2.00 bits per heavy atom. The summed E-state index contributed by atoms with van der Waals surface area (Å²) >= 11 is 0. The molecule has 1 atom stereocenters. The predicted octanol–water partition coefficient (Wildman–Crippen LogP) is 2.86. The van der Waals surface area contributed by atoms with Crippen molar-refractivity contribution in [3.63, 3.8) is 0 Å². The zero-order valence-corrected chi connectivity index (χ0v) is 9.44. The Morgan fingerprint density at radius 1 is 1.40 bits per heavy atom. The van der Waals surface area contributed by atoms with Gasteiger partial charge in [-0.3, -0.25) is 0 Å². The van der Waals surface area contributed by atoms with Gasteiger partial charge in [0.15, 0.2) is 0 Å². The molecule has 0 aromatic rings. The van der Waals surface area contributed by atoms with Gasteiger partial charge in [-0.25, -0.2) is 0 Å². The SMILES string of the molecule is C[Si](C)C1CC=C[Si]1(C)C. The largest absolute Gasteiger partial charge is 0.0987 e. The minimum absolute atomic E-state index is 0.0195.